The predicted octanol–water partition coefficient (Wildman–Crippen LogP) is 4.78. The van der Waals surface area contributed by atoms with Gasteiger partial charge in [-0.2, -0.15) is 0 Å². The van der Waals surface area contributed by atoms with E-state index >= 15 is 0 Å². The topological polar surface area (TPSA) is 99.4 Å². The zero-order valence-electron chi connectivity index (χ0n) is 17.1. The fourth-order valence-electron chi connectivity index (χ4n) is 3.20. The quantitative estimate of drug-likeness (QED) is 0.417. The number of alkyl halides is 3. The van der Waals surface area contributed by atoms with Gasteiger partial charge in [0.15, 0.2) is 5.13 Å². The second kappa shape index (κ2) is 8.94. The summed E-state index contributed by atoms with van der Waals surface area (Å²) in [4.78, 5) is 21.3. The number of nitrogens with two attached hydrogens (primary N) is 1. The second-order valence-electron chi connectivity index (χ2n) is 6.85. The second-order valence-corrected chi connectivity index (χ2v) is 7.92. The lowest BCUT2D eigenvalue weighted by Gasteiger charge is -2.14. The summed E-state index contributed by atoms with van der Waals surface area (Å²) in [5.74, 6) is -0.869. The molecule has 0 fully saturated rings. The number of hydrogen-bond donors (Lipinski definition) is 2. The first-order valence-corrected chi connectivity index (χ1v) is 10.4. The Labute approximate surface area is 190 Å². The van der Waals surface area contributed by atoms with Gasteiger partial charge in [-0.3, -0.25) is 4.79 Å². The predicted molar refractivity (Wildman–Crippen MR) is 118 cm³/mol. The maximum Gasteiger partial charge on any atom is 0.573 e. The highest BCUT2D eigenvalue weighted by Gasteiger charge is 2.32. The van der Waals surface area contributed by atoms with Crippen LogP contribution in [0.25, 0.3) is 21.3 Å². The summed E-state index contributed by atoms with van der Waals surface area (Å²) in [5, 5.41) is 3.05. The summed E-state index contributed by atoms with van der Waals surface area (Å²) in [6, 6.07) is 12.7. The Kier molecular flexibility index (Phi) is 6.05. The first-order valence-electron chi connectivity index (χ1n) is 9.56. The standard InChI is InChI=1S/C22H17F3N4O3S/c1-31-20-15(19(30)27-10-13-4-2-3-5-17(13)32-22(23,24)25)8-14(11-28-20)12-6-7-16-18(9-12)33-21(26)29-16/h2-9,11H,10H2,1H3,(H2,26,29)(H,27,30). The number of anilines is 1. The van der Waals surface area contributed by atoms with Gasteiger partial charge < -0.3 is 20.5 Å². The van der Waals surface area contributed by atoms with Crippen LogP contribution in [0.5, 0.6) is 11.6 Å². The van der Waals surface area contributed by atoms with Crippen LogP contribution in [-0.4, -0.2) is 29.3 Å². The number of hydrogen-bond acceptors (Lipinski definition) is 7. The minimum absolute atomic E-state index is 0.0826. The van der Waals surface area contributed by atoms with Crippen LogP contribution in [0.15, 0.2) is 54.7 Å². The molecule has 0 atom stereocenters. The molecular weight excluding hydrogens is 457 g/mol. The zero-order chi connectivity index (χ0) is 23.6. The van der Waals surface area contributed by atoms with E-state index in [-0.39, 0.29) is 29.3 Å². The average Bonchev–Trinajstić information content (AvgIpc) is 3.16. The van der Waals surface area contributed by atoms with Crippen molar-refractivity contribution in [3.63, 3.8) is 0 Å². The van der Waals surface area contributed by atoms with E-state index in [1.807, 2.05) is 18.2 Å². The van der Waals surface area contributed by atoms with Gasteiger partial charge in [0.25, 0.3) is 5.91 Å². The van der Waals surface area contributed by atoms with Crippen LogP contribution in [0.1, 0.15) is 15.9 Å². The Morgan fingerprint density at radius 3 is 2.70 bits per heavy atom. The minimum Gasteiger partial charge on any atom is -0.480 e. The first kappa shape index (κ1) is 22.3. The Morgan fingerprint density at radius 2 is 1.94 bits per heavy atom. The van der Waals surface area contributed by atoms with E-state index in [4.69, 9.17) is 10.5 Å². The van der Waals surface area contributed by atoms with Gasteiger partial charge in [-0.05, 0) is 29.8 Å². The van der Waals surface area contributed by atoms with Crippen molar-refractivity contribution in [2.75, 3.05) is 12.8 Å². The number of pyridine rings is 1. The molecule has 2 aromatic carbocycles. The lowest BCUT2D eigenvalue weighted by molar-refractivity contribution is -0.274. The maximum absolute atomic E-state index is 12.9. The molecule has 0 aliphatic heterocycles. The molecule has 4 aromatic rings. The van der Waals surface area contributed by atoms with Crippen LogP contribution in [0.4, 0.5) is 18.3 Å². The Bertz CT molecular complexity index is 1320. The van der Waals surface area contributed by atoms with Gasteiger partial charge in [-0.15, -0.1) is 13.2 Å². The number of halogens is 3. The van der Waals surface area contributed by atoms with Crippen LogP contribution in [0.3, 0.4) is 0 Å². The molecule has 170 valence electrons. The van der Waals surface area contributed by atoms with Crippen molar-refractivity contribution in [2.24, 2.45) is 0 Å². The number of nitrogen functional groups attached to an aromatic ring is 1. The molecule has 2 aromatic heterocycles. The molecule has 0 saturated carbocycles. The normalized spacial score (nSPS) is 11.4. The van der Waals surface area contributed by atoms with Crippen molar-refractivity contribution in [2.45, 2.75) is 12.9 Å². The third kappa shape index (κ3) is 5.14. The number of carbonyl (C=O) groups is 1. The lowest BCUT2D eigenvalue weighted by Crippen LogP contribution is -2.25. The van der Waals surface area contributed by atoms with E-state index in [0.29, 0.717) is 10.7 Å². The SMILES string of the molecule is COc1ncc(-c2ccc3nc(N)sc3c2)cc1C(=O)NCc1ccccc1OC(F)(F)F. The van der Waals surface area contributed by atoms with Gasteiger partial charge in [0.1, 0.15) is 11.3 Å². The highest BCUT2D eigenvalue weighted by molar-refractivity contribution is 7.22. The first-order chi connectivity index (χ1) is 15.7. The number of amides is 1. The van der Waals surface area contributed by atoms with E-state index in [0.717, 1.165) is 15.8 Å². The number of aromatic nitrogens is 2. The number of methoxy groups -OCH3 is 1. The summed E-state index contributed by atoms with van der Waals surface area (Å²) < 4.78 is 48.0. The number of fused-ring (bicyclic) bond motifs is 1. The molecule has 2 heterocycles. The maximum atomic E-state index is 12.9. The van der Waals surface area contributed by atoms with E-state index < -0.39 is 12.3 Å². The molecule has 1 amide bonds. The Balaban J connectivity index is 1.59. The summed E-state index contributed by atoms with van der Waals surface area (Å²) in [5.41, 5.74) is 8.26. The summed E-state index contributed by atoms with van der Waals surface area (Å²) in [7, 11) is 1.37. The molecule has 7 nitrogen and oxygen atoms in total. The van der Waals surface area contributed by atoms with E-state index in [1.165, 1.54) is 36.6 Å². The molecule has 0 spiro atoms. The van der Waals surface area contributed by atoms with Crippen molar-refractivity contribution in [3.05, 3.63) is 65.9 Å². The summed E-state index contributed by atoms with van der Waals surface area (Å²) in [6.45, 7) is -0.190. The van der Waals surface area contributed by atoms with Gasteiger partial charge in [0, 0.05) is 23.9 Å². The molecular formula is C22H17F3N4O3S. The van der Waals surface area contributed by atoms with E-state index in [1.54, 1.807) is 18.3 Å². The lowest BCUT2D eigenvalue weighted by atomic mass is 10.1. The van der Waals surface area contributed by atoms with Gasteiger partial charge in [-0.1, -0.05) is 35.6 Å². The number of nitrogens with one attached hydrogen (secondary N) is 1. The molecule has 4 rings (SSSR count). The van der Waals surface area contributed by atoms with Crippen molar-refractivity contribution in [3.8, 4) is 22.8 Å². The molecule has 0 radical (unpaired) electrons. The highest BCUT2D eigenvalue weighted by Crippen LogP contribution is 2.31. The number of thiazole rings is 1. The van der Waals surface area contributed by atoms with Gasteiger partial charge >= 0.3 is 6.36 Å². The molecule has 33 heavy (non-hydrogen) atoms. The molecule has 3 N–H and O–H groups in total. The van der Waals surface area contributed by atoms with Crippen LogP contribution < -0.4 is 20.5 Å². The number of carbonyl (C=O) groups excluding carboxylic acids is 1. The number of rotatable bonds is 6. The summed E-state index contributed by atoms with van der Waals surface area (Å²) >= 11 is 1.34. The molecule has 0 aliphatic rings. The van der Waals surface area contributed by atoms with Crippen LogP contribution >= 0.6 is 11.3 Å². The monoisotopic (exact) mass is 474 g/mol. The molecule has 11 heteroatoms. The largest absolute Gasteiger partial charge is 0.573 e. The van der Waals surface area contributed by atoms with Crippen molar-refractivity contribution < 1.29 is 27.4 Å². The van der Waals surface area contributed by atoms with Crippen LogP contribution in [0.2, 0.25) is 0 Å². The number of nitrogens with zero attached hydrogens (tertiary/aromatic N) is 2. The zero-order valence-corrected chi connectivity index (χ0v) is 18.0. The van der Waals surface area contributed by atoms with Gasteiger partial charge in [-0.25, -0.2) is 9.97 Å². The average molecular weight is 474 g/mol. The number of benzene rings is 2. The van der Waals surface area contributed by atoms with Crippen molar-refractivity contribution in [1.82, 2.24) is 15.3 Å². The Hall–Kier alpha value is -3.86. The van der Waals surface area contributed by atoms with Crippen molar-refractivity contribution in [1.29, 1.82) is 0 Å². The smallest absolute Gasteiger partial charge is 0.480 e. The summed E-state index contributed by atoms with van der Waals surface area (Å²) in [6.07, 6.45) is -3.28. The fourth-order valence-corrected chi connectivity index (χ4v) is 3.98. The fraction of sp³-hybridized carbons (Fsp3) is 0.136. The molecule has 0 aliphatic carbocycles. The third-order valence-corrected chi connectivity index (χ3v) is 5.51. The minimum atomic E-state index is -4.84. The molecule has 0 unspecified atom stereocenters. The highest BCUT2D eigenvalue weighted by atomic mass is 32.1. The van der Waals surface area contributed by atoms with Crippen LogP contribution in [-0.2, 0) is 6.54 Å². The van der Waals surface area contributed by atoms with E-state index in [9.17, 15) is 18.0 Å². The number of ether oxygens (including phenoxy) is 2. The Morgan fingerprint density at radius 1 is 1.15 bits per heavy atom. The van der Waals surface area contributed by atoms with Gasteiger partial charge in [0.2, 0.25) is 5.88 Å². The van der Waals surface area contributed by atoms with E-state index in [2.05, 4.69) is 20.0 Å². The third-order valence-electron chi connectivity index (χ3n) is 4.67. The van der Waals surface area contributed by atoms with Gasteiger partial charge in [0.05, 0.1) is 17.3 Å². The van der Waals surface area contributed by atoms with Crippen LogP contribution in [0, 0.1) is 0 Å². The molecule has 0 bridgehead atoms. The van der Waals surface area contributed by atoms with Crippen molar-refractivity contribution >= 4 is 32.6 Å². The number of para-hydroxylation sites is 1. The molecule has 0 saturated heterocycles.